The summed E-state index contributed by atoms with van der Waals surface area (Å²) in [6.07, 6.45) is 0.883. The predicted molar refractivity (Wildman–Crippen MR) is 75.8 cm³/mol. The van der Waals surface area contributed by atoms with Gasteiger partial charge in [-0.2, -0.15) is 0 Å². The molecule has 1 aliphatic rings. The van der Waals surface area contributed by atoms with Crippen LogP contribution in [-0.4, -0.2) is 20.0 Å². The SMILES string of the molecule is C[Si](C)(C)C#CC1Cc2ccccc2C(N)=N1. The van der Waals surface area contributed by atoms with E-state index in [0.29, 0.717) is 5.84 Å². The molecule has 17 heavy (non-hydrogen) atoms. The highest BCUT2D eigenvalue weighted by molar-refractivity contribution is 6.83. The molecule has 0 saturated heterocycles. The van der Waals surface area contributed by atoms with Crippen LogP contribution in [0.2, 0.25) is 19.6 Å². The number of rotatable bonds is 0. The van der Waals surface area contributed by atoms with Gasteiger partial charge in [-0.3, -0.25) is 4.99 Å². The summed E-state index contributed by atoms with van der Waals surface area (Å²) >= 11 is 0. The lowest BCUT2D eigenvalue weighted by Crippen LogP contribution is -2.26. The molecule has 0 bridgehead atoms. The van der Waals surface area contributed by atoms with Crippen LogP contribution in [0.5, 0.6) is 0 Å². The summed E-state index contributed by atoms with van der Waals surface area (Å²) in [5.74, 6) is 3.90. The van der Waals surface area contributed by atoms with Gasteiger partial charge in [-0.25, -0.2) is 0 Å². The van der Waals surface area contributed by atoms with Crippen LogP contribution in [-0.2, 0) is 6.42 Å². The Bertz CT molecular complexity index is 515. The van der Waals surface area contributed by atoms with E-state index in [0.717, 1.165) is 12.0 Å². The zero-order valence-corrected chi connectivity index (χ0v) is 11.6. The first-order valence-corrected chi connectivity index (χ1v) is 9.40. The van der Waals surface area contributed by atoms with Crippen LogP contribution in [0.15, 0.2) is 29.3 Å². The first kappa shape index (κ1) is 11.9. The Morgan fingerprint density at radius 1 is 1.29 bits per heavy atom. The molecule has 2 N–H and O–H groups in total. The molecule has 1 unspecified atom stereocenters. The van der Waals surface area contributed by atoms with Gasteiger partial charge in [-0.15, -0.1) is 5.54 Å². The monoisotopic (exact) mass is 242 g/mol. The largest absolute Gasteiger partial charge is 0.383 e. The van der Waals surface area contributed by atoms with Gasteiger partial charge >= 0.3 is 0 Å². The van der Waals surface area contributed by atoms with E-state index in [-0.39, 0.29) is 6.04 Å². The highest BCUT2D eigenvalue weighted by atomic mass is 28.3. The van der Waals surface area contributed by atoms with E-state index in [2.05, 4.69) is 42.2 Å². The van der Waals surface area contributed by atoms with Gasteiger partial charge in [0.05, 0.1) is 0 Å². The molecular formula is C14H18N2Si. The topological polar surface area (TPSA) is 38.4 Å². The van der Waals surface area contributed by atoms with Crippen molar-refractivity contribution in [1.29, 1.82) is 0 Å². The third-order valence-electron chi connectivity index (χ3n) is 2.62. The van der Waals surface area contributed by atoms with Crippen LogP contribution in [0.3, 0.4) is 0 Å². The zero-order valence-electron chi connectivity index (χ0n) is 10.6. The number of hydrogen-bond acceptors (Lipinski definition) is 2. The molecule has 1 aliphatic heterocycles. The van der Waals surface area contributed by atoms with Crippen LogP contribution in [0.4, 0.5) is 0 Å². The lowest BCUT2D eigenvalue weighted by molar-refractivity contribution is 0.816. The molecule has 2 rings (SSSR count). The fourth-order valence-corrected chi connectivity index (χ4v) is 2.42. The van der Waals surface area contributed by atoms with Gasteiger partial charge in [-0.05, 0) is 5.56 Å². The molecule has 0 spiro atoms. The fraction of sp³-hybridized carbons (Fsp3) is 0.357. The van der Waals surface area contributed by atoms with Gasteiger partial charge in [0.15, 0.2) is 0 Å². The first-order valence-electron chi connectivity index (χ1n) is 5.90. The maximum Gasteiger partial charge on any atom is 0.129 e. The van der Waals surface area contributed by atoms with Crippen molar-refractivity contribution in [2.45, 2.75) is 32.1 Å². The maximum atomic E-state index is 5.97. The Balaban J connectivity index is 2.27. The van der Waals surface area contributed by atoms with Crippen LogP contribution >= 0.6 is 0 Å². The molecule has 0 aromatic heterocycles. The second-order valence-electron chi connectivity index (χ2n) is 5.41. The van der Waals surface area contributed by atoms with Crippen molar-refractivity contribution < 1.29 is 0 Å². The van der Waals surface area contributed by atoms with Crippen molar-refractivity contribution in [1.82, 2.24) is 0 Å². The quantitative estimate of drug-likeness (QED) is 0.550. The lowest BCUT2D eigenvalue weighted by Gasteiger charge is -2.18. The van der Waals surface area contributed by atoms with Crippen molar-refractivity contribution >= 4 is 13.9 Å². The summed E-state index contributed by atoms with van der Waals surface area (Å²) in [6, 6.07) is 8.21. The Kier molecular flexibility index (Phi) is 3.08. The Morgan fingerprint density at radius 2 is 2.00 bits per heavy atom. The number of nitrogens with two attached hydrogens (primary N) is 1. The predicted octanol–water partition coefficient (Wildman–Crippen LogP) is 2.20. The van der Waals surface area contributed by atoms with Crippen molar-refractivity contribution in [3.8, 4) is 11.5 Å². The molecule has 1 aromatic rings. The van der Waals surface area contributed by atoms with E-state index < -0.39 is 8.07 Å². The minimum Gasteiger partial charge on any atom is -0.383 e. The molecule has 2 nitrogen and oxygen atoms in total. The van der Waals surface area contributed by atoms with E-state index in [4.69, 9.17) is 5.73 Å². The molecule has 0 amide bonds. The second kappa shape index (κ2) is 4.38. The number of benzene rings is 1. The molecule has 0 aliphatic carbocycles. The minimum atomic E-state index is -1.33. The fourth-order valence-electron chi connectivity index (χ4n) is 1.82. The van der Waals surface area contributed by atoms with Crippen molar-refractivity contribution in [3.63, 3.8) is 0 Å². The van der Waals surface area contributed by atoms with Crippen molar-refractivity contribution in [2.75, 3.05) is 0 Å². The van der Waals surface area contributed by atoms with E-state index in [1.165, 1.54) is 5.56 Å². The Hall–Kier alpha value is -1.53. The highest BCUT2D eigenvalue weighted by Gasteiger charge is 2.17. The smallest absolute Gasteiger partial charge is 0.129 e. The third-order valence-corrected chi connectivity index (χ3v) is 3.51. The van der Waals surface area contributed by atoms with Gasteiger partial charge in [0, 0.05) is 12.0 Å². The summed E-state index contributed by atoms with van der Waals surface area (Å²) in [7, 11) is -1.33. The molecule has 0 fully saturated rings. The summed E-state index contributed by atoms with van der Waals surface area (Å²) in [5.41, 5.74) is 11.7. The molecule has 0 saturated carbocycles. The molecule has 1 heterocycles. The van der Waals surface area contributed by atoms with E-state index in [1.807, 2.05) is 18.2 Å². The van der Waals surface area contributed by atoms with Gasteiger partial charge in [0.1, 0.15) is 20.0 Å². The average Bonchev–Trinajstić information content (AvgIpc) is 2.26. The van der Waals surface area contributed by atoms with Crippen LogP contribution in [0.25, 0.3) is 0 Å². The summed E-state index contributed by atoms with van der Waals surface area (Å²) in [5, 5.41) is 0. The molecule has 3 heteroatoms. The summed E-state index contributed by atoms with van der Waals surface area (Å²) in [6.45, 7) is 6.72. The molecule has 1 atom stereocenters. The van der Waals surface area contributed by atoms with Gasteiger partial charge in [0.25, 0.3) is 0 Å². The standard InChI is InChI=1S/C14H18N2Si/c1-17(2,3)9-8-12-10-11-6-4-5-7-13(11)14(15)16-12/h4-7,12H,10H2,1-3H3,(H2,15,16). The third kappa shape index (κ3) is 2.98. The van der Waals surface area contributed by atoms with Gasteiger partial charge in [-0.1, -0.05) is 49.8 Å². The number of aliphatic imine (C=N–C) groups is 1. The Labute approximate surface area is 104 Å². The minimum absolute atomic E-state index is 0.0385. The average molecular weight is 242 g/mol. The van der Waals surface area contributed by atoms with Gasteiger partial charge in [0.2, 0.25) is 0 Å². The number of nitrogens with zero attached hydrogens (tertiary/aromatic N) is 1. The molecule has 1 aromatic carbocycles. The zero-order chi connectivity index (χ0) is 12.5. The Morgan fingerprint density at radius 3 is 2.71 bits per heavy atom. The van der Waals surface area contributed by atoms with E-state index >= 15 is 0 Å². The van der Waals surface area contributed by atoms with Crippen LogP contribution in [0, 0.1) is 11.5 Å². The highest BCUT2D eigenvalue weighted by Crippen LogP contribution is 2.17. The van der Waals surface area contributed by atoms with E-state index in [1.54, 1.807) is 0 Å². The maximum absolute atomic E-state index is 5.97. The van der Waals surface area contributed by atoms with E-state index in [9.17, 15) is 0 Å². The molecule has 0 radical (unpaired) electrons. The molecule has 88 valence electrons. The van der Waals surface area contributed by atoms with Crippen molar-refractivity contribution in [3.05, 3.63) is 35.4 Å². The lowest BCUT2D eigenvalue weighted by atomic mass is 9.97. The van der Waals surface area contributed by atoms with Gasteiger partial charge < -0.3 is 5.73 Å². The van der Waals surface area contributed by atoms with Crippen LogP contribution < -0.4 is 5.73 Å². The van der Waals surface area contributed by atoms with Crippen LogP contribution in [0.1, 0.15) is 11.1 Å². The number of hydrogen-bond donors (Lipinski definition) is 1. The number of amidine groups is 1. The van der Waals surface area contributed by atoms with Crippen molar-refractivity contribution in [2.24, 2.45) is 10.7 Å². The summed E-state index contributed by atoms with van der Waals surface area (Å²) < 4.78 is 0. The second-order valence-corrected chi connectivity index (χ2v) is 10.2. The normalized spacial score (nSPS) is 18.8. The number of fused-ring (bicyclic) bond motifs is 1. The molecular weight excluding hydrogens is 224 g/mol. The first-order chi connectivity index (χ1) is 7.96. The summed E-state index contributed by atoms with van der Waals surface area (Å²) in [4.78, 5) is 4.47.